The van der Waals surface area contributed by atoms with Crippen LogP contribution in [-0.2, 0) is 19.9 Å². The van der Waals surface area contributed by atoms with Crippen molar-refractivity contribution < 1.29 is 4.39 Å². The smallest absolute Gasteiger partial charge is 0.141 e. The van der Waals surface area contributed by atoms with Gasteiger partial charge in [-0.05, 0) is 24.1 Å². The van der Waals surface area contributed by atoms with Gasteiger partial charge >= 0.3 is 0 Å². The number of aryl methyl sites for hydroxylation is 2. The molecule has 0 fully saturated rings. The Kier molecular flexibility index (Phi) is 5.22. The number of aromatic nitrogens is 2. The van der Waals surface area contributed by atoms with E-state index in [1.54, 1.807) is 16.8 Å². The second kappa shape index (κ2) is 6.75. The van der Waals surface area contributed by atoms with Gasteiger partial charge in [-0.25, -0.2) is 4.39 Å². The van der Waals surface area contributed by atoms with Crippen LogP contribution in [0.2, 0.25) is 10.0 Å². The quantitative estimate of drug-likeness (QED) is 0.654. The van der Waals surface area contributed by atoms with E-state index in [9.17, 15) is 4.39 Å². The zero-order valence-electron chi connectivity index (χ0n) is 11.8. The number of benzene rings is 1. The van der Waals surface area contributed by atoms with Crippen molar-refractivity contribution in [1.82, 2.24) is 15.2 Å². The van der Waals surface area contributed by atoms with Gasteiger partial charge < -0.3 is 0 Å². The predicted molar refractivity (Wildman–Crippen MR) is 82.8 cm³/mol. The van der Waals surface area contributed by atoms with E-state index in [0.717, 1.165) is 23.4 Å². The zero-order valence-corrected chi connectivity index (χ0v) is 13.3. The third-order valence-electron chi connectivity index (χ3n) is 3.45. The van der Waals surface area contributed by atoms with Crippen LogP contribution in [0.5, 0.6) is 0 Å². The van der Waals surface area contributed by atoms with Gasteiger partial charge in [0, 0.05) is 13.5 Å². The number of rotatable bonds is 5. The summed E-state index contributed by atoms with van der Waals surface area (Å²) >= 11 is 12.2. The maximum absolute atomic E-state index is 13.3. The molecule has 0 aliphatic carbocycles. The molecular weight excluding hydrogens is 314 g/mol. The van der Waals surface area contributed by atoms with Gasteiger partial charge in [0.15, 0.2) is 0 Å². The summed E-state index contributed by atoms with van der Waals surface area (Å²) in [6, 6.07) is 4.30. The lowest BCUT2D eigenvalue weighted by Gasteiger charge is -2.17. The molecule has 21 heavy (non-hydrogen) atoms. The molecule has 0 spiro atoms. The molecule has 1 unspecified atom stereocenters. The van der Waals surface area contributed by atoms with Crippen LogP contribution >= 0.6 is 23.2 Å². The van der Waals surface area contributed by atoms with Crippen molar-refractivity contribution in [2.24, 2.45) is 12.9 Å². The predicted octanol–water partition coefficient (Wildman–Crippen LogP) is 3.18. The fraction of sp³-hybridized carbons (Fsp3) is 0.357. The average Bonchev–Trinajstić information content (AvgIpc) is 2.74. The maximum atomic E-state index is 13.3. The van der Waals surface area contributed by atoms with Gasteiger partial charge in [-0.15, -0.1) is 0 Å². The standard InChI is InChI=1S/C14H17Cl2FN4/c1-3-11-14(16)13(21(2)20-11)7-12(19-18)8-4-5-10(17)9(15)6-8/h4-6,12,19H,3,7,18H2,1-2H3. The summed E-state index contributed by atoms with van der Waals surface area (Å²) in [5, 5.41) is 5.09. The second-order valence-electron chi connectivity index (χ2n) is 4.78. The summed E-state index contributed by atoms with van der Waals surface area (Å²) in [4.78, 5) is 0. The SMILES string of the molecule is CCc1nn(C)c(CC(NN)c2ccc(F)c(Cl)c2)c1Cl. The minimum atomic E-state index is -0.456. The summed E-state index contributed by atoms with van der Waals surface area (Å²) in [5.74, 6) is 5.17. The number of hydrazine groups is 1. The molecule has 0 amide bonds. The first-order valence-corrected chi connectivity index (χ1v) is 7.34. The molecule has 2 aromatic rings. The van der Waals surface area contributed by atoms with Crippen molar-refractivity contribution in [1.29, 1.82) is 0 Å². The normalized spacial score (nSPS) is 12.7. The number of hydrogen-bond donors (Lipinski definition) is 2. The van der Waals surface area contributed by atoms with Crippen LogP contribution in [0.3, 0.4) is 0 Å². The number of nitrogens with zero attached hydrogens (tertiary/aromatic N) is 2. The Labute approximate surface area is 133 Å². The van der Waals surface area contributed by atoms with Gasteiger partial charge in [0.1, 0.15) is 5.82 Å². The van der Waals surface area contributed by atoms with E-state index in [-0.39, 0.29) is 11.1 Å². The number of nitrogens with one attached hydrogen (secondary N) is 1. The highest BCUT2D eigenvalue weighted by Gasteiger charge is 2.19. The summed E-state index contributed by atoms with van der Waals surface area (Å²) in [6.45, 7) is 2.00. The lowest BCUT2D eigenvalue weighted by atomic mass is 10.0. The maximum Gasteiger partial charge on any atom is 0.141 e. The van der Waals surface area contributed by atoms with Gasteiger partial charge in [0.05, 0.1) is 27.5 Å². The van der Waals surface area contributed by atoms with Crippen LogP contribution in [0.15, 0.2) is 18.2 Å². The Hall–Kier alpha value is -1.14. The Morgan fingerprint density at radius 2 is 2.14 bits per heavy atom. The second-order valence-corrected chi connectivity index (χ2v) is 5.57. The summed E-state index contributed by atoms with van der Waals surface area (Å²) in [6.07, 6.45) is 1.29. The molecule has 0 aliphatic heterocycles. The molecule has 4 nitrogen and oxygen atoms in total. The minimum Gasteiger partial charge on any atom is -0.271 e. The highest BCUT2D eigenvalue weighted by molar-refractivity contribution is 6.32. The van der Waals surface area contributed by atoms with E-state index >= 15 is 0 Å². The van der Waals surface area contributed by atoms with Gasteiger partial charge in [0.25, 0.3) is 0 Å². The Morgan fingerprint density at radius 1 is 1.43 bits per heavy atom. The van der Waals surface area contributed by atoms with E-state index in [1.807, 2.05) is 14.0 Å². The number of halogens is 3. The molecule has 0 radical (unpaired) electrons. The lowest BCUT2D eigenvalue weighted by molar-refractivity contribution is 0.528. The fourth-order valence-electron chi connectivity index (χ4n) is 2.24. The first-order valence-electron chi connectivity index (χ1n) is 6.59. The van der Waals surface area contributed by atoms with E-state index in [2.05, 4.69) is 10.5 Å². The molecule has 114 valence electrons. The lowest BCUT2D eigenvalue weighted by Crippen LogP contribution is -2.30. The van der Waals surface area contributed by atoms with Crippen LogP contribution in [0.4, 0.5) is 4.39 Å². The Balaban J connectivity index is 2.31. The summed E-state index contributed by atoms with van der Waals surface area (Å²) < 4.78 is 15.0. The molecule has 1 aromatic heterocycles. The molecule has 1 atom stereocenters. The molecule has 0 saturated carbocycles. The van der Waals surface area contributed by atoms with E-state index in [4.69, 9.17) is 29.0 Å². The van der Waals surface area contributed by atoms with Gasteiger partial charge in [0.2, 0.25) is 0 Å². The van der Waals surface area contributed by atoms with Crippen molar-refractivity contribution in [3.05, 3.63) is 51.0 Å². The van der Waals surface area contributed by atoms with Crippen LogP contribution in [0, 0.1) is 5.82 Å². The molecule has 0 aliphatic rings. The fourth-order valence-corrected chi connectivity index (χ4v) is 2.80. The van der Waals surface area contributed by atoms with Crippen LogP contribution < -0.4 is 11.3 Å². The van der Waals surface area contributed by atoms with Crippen molar-refractivity contribution >= 4 is 23.2 Å². The van der Waals surface area contributed by atoms with Gasteiger partial charge in [-0.1, -0.05) is 36.2 Å². The molecule has 1 aromatic carbocycles. The minimum absolute atomic E-state index is 0.0677. The van der Waals surface area contributed by atoms with E-state index in [1.165, 1.54) is 6.07 Å². The largest absolute Gasteiger partial charge is 0.271 e. The zero-order chi connectivity index (χ0) is 15.6. The van der Waals surface area contributed by atoms with Gasteiger partial charge in [-0.3, -0.25) is 16.0 Å². The van der Waals surface area contributed by atoms with Crippen LogP contribution in [0.1, 0.15) is 29.9 Å². The molecule has 0 bridgehead atoms. The van der Waals surface area contributed by atoms with Crippen molar-refractivity contribution in [2.75, 3.05) is 0 Å². The monoisotopic (exact) mass is 330 g/mol. The van der Waals surface area contributed by atoms with Crippen molar-refractivity contribution in [2.45, 2.75) is 25.8 Å². The highest BCUT2D eigenvalue weighted by Crippen LogP contribution is 2.27. The molecule has 2 rings (SSSR count). The van der Waals surface area contributed by atoms with Crippen molar-refractivity contribution in [3.8, 4) is 0 Å². The van der Waals surface area contributed by atoms with Crippen molar-refractivity contribution in [3.63, 3.8) is 0 Å². The Bertz CT molecular complexity index is 642. The molecule has 7 heteroatoms. The van der Waals surface area contributed by atoms with Crippen LogP contribution in [0.25, 0.3) is 0 Å². The number of hydrogen-bond acceptors (Lipinski definition) is 3. The molecule has 1 heterocycles. The van der Waals surface area contributed by atoms with Crippen LogP contribution in [-0.4, -0.2) is 9.78 Å². The Morgan fingerprint density at radius 3 is 2.67 bits per heavy atom. The van der Waals surface area contributed by atoms with Gasteiger partial charge in [-0.2, -0.15) is 5.10 Å². The first kappa shape index (κ1) is 16.2. The molecule has 3 N–H and O–H groups in total. The molecule has 0 saturated heterocycles. The third kappa shape index (κ3) is 3.37. The topological polar surface area (TPSA) is 55.9 Å². The third-order valence-corrected chi connectivity index (χ3v) is 4.17. The highest BCUT2D eigenvalue weighted by atomic mass is 35.5. The first-order chi connectivity index (χ1) is 9.97. The van der Waals surface area contributed by atoms with E-state index < -0.39 is 5.82 Å². The molecular formula is C14H17Cl2FN4. The number of nitrogens with two attached hydrogens (primary N) is 1. The summed E-state index contributed by atoms with van der Waals surface area (Å²) in [5.41, 5.74) is 5.23. The average molecular weight is 331 g/mol. The summed E-state index contributed by atoms with van der Waals surface area (Å²) in [7, 11) is 1.84. The van der Waals surface area contributed by atoms with E-state index in [0.29, 0.717) is 11.4 Å².